The van der Waals surface area contributed by atoms with Crippen LogP contribution in [0.2, 0.25) is 0 Å². The highest BCUT2D eigenvalue weighted by Gasteiger charge is 2.18. The second kappa shape index (κ2) is 7.05. The van der Waals surface area contributed by atoms with Gasteiger partial charge in [0, 0.05) is 18.1 Å². The third-order valence-corrected chi connectivity index (χ3v) is 5.06. The van der Waals surface area contributed by atoms with Gasteiger partial charge in [-0.1, -0.05) is 15.9 Å². The van der Waals surface area contributed by atoms with Crippen LogP contribution in [-0.4, -0.2) is 39.4 Å². The summed E-state index contributed by atoms with van der Waals surface area (Å²) in [5.41, 5.74) is 1.39. The second-order valence-corrected chi connectivity index (χ2v) is 6.85. The summed E-state index contributed by atoms with van der Waals surface area (Å²) in [6.45, 7) is 1.92. The molecular weight excluding hydrogens is 348 g/mol. The van der Waals surface area contributed by atoms with Gasteiger partial charge < -0.3 is 4.74 Å². The lowest BCUT2D eigenvalue weighted by atomic mass is 10.2. The van der Waals surface area contributed by atoms with Crippen LogP contribution in [0.5, 0.6) is 0 Å². The van der Waals surface area contributed by atoms with Gasteiger partial charge in [0.2, 0.25) is 0 Å². The van der Waals surface area contributed by atoms with Gasteiger partial charge in [0.05, 0.1) is 19.2 Å². The summed E-state index contributed by atoms with van der Waals surface area (Å²) >= 11 is 3.35. The highest BCUT2D eigenvalue weighted by atomic mass is 79.9. The van der Waals surface area contributed by atoms with Crippen LogP contribution >= 0.6 is 15.9 Å². The van der Waals surface area contributed by atoms with E-state index in [0.717, 1.165) is 14.3 Å². The van der Waals surface area contributed by atoms with Crippen molar-refractivity contribution in [3.63, 3.8) is 0 Å². The van der Waals surface area contributed by atoms with Crippen LogP contribution in [0.3, 0.4) is 0 Å². The van der Waals surface area contributed by atoms with Gasteiger partial charge in [0.1, 0.15) is 0 Å². The number of hydrogen-bond donors (Lipinski definition) is 1. The standard InChI is InChI=1S/C12H17BrN2O4S/c1-9-8-10(4-5-11(9)13)14-20(17,18)15(2)7-6-12(16)19-3/h4-5,8,14H,6-7H2,1-3H3. The molecule has 0 atom stereocenters. The van der Waals surface area contributed by atoms with E-state index in [2.05, 4.69) is 25.4 Å². The van der Waals surface area contributed by atoms with Crippen LogP contribution in [0.25, 0.3) is 0 Å². The Hall–Kier alpha value is -1.12. The third-order valence-electron chi connectivity index (χ3n) is 2.67. The van der Waals surface area contributed by atoms with E-state index >= 15 is 0 Å². The first kappa shape index (κ1) is 16.9. The predicted octanol–water partition coefficient (Wildman–Crippen LogP) is 1.91. The van der Waals surface area contributed by atoms with Crippen molar-refractivity contribution >= 4 is 37.8 Å². The number of nitrogens with zero attached hydrogens (tertiary/aromatic N) is 1. The zero-order valence-electron chi connectivity index (χ0n) is 11.5. The molecule has 1 N–H and O–H groups in total. The maximum atomic E-state index is 12.0. The lowest BCUT2D eigenvalue weighted by molar-refractivity contribution is -0.140. The van der Waals surface area contributed by atoms with Crippen LogP contribution in [0, 0.1) is 6.92 Å². The lowest BCUT2D eigenvalue weighted by Gasteiger charge is -2.18. The molecule has 0 aliphatic heterocycles. The Labute approximate surface area is 127 Å². The van der Waals surface area contributed by atoms with Crippen LogP contribution in [0.4, 0.5) is 5.69 Å². The van der Waals surface area contributed by atoms with Crippen molar-refractivity contribution in [2.45, 2.75) is 13.3 Å². The Morgan fingerprint density at radius 2 is 2.10 bits per heavy atom. The van der Waals surface area contributed by atoms with Gasteiger partial charge in [-0.05, 0) is 30.7 Å². The Balaban J connectivity index is 2.73. The maximum absolute atomic E-state index is 12.0. The fraction of sp³-hybridized carbons (Fsp3) is 0.417. The summed E-state index contributed by atoms with van der Waals surface area (Å²) in [4.78, 5) is 11.0. The molecular formula is C12H17BrN2O4S. The fourth-order valence-corrected chi connectivity index (χ4v) is 2.56. The van der Waals surface area contributed by atoms with E-state index in [0.29, 0.717) is 5.69 Å². The minimum atomic E-state index is -3.69. The number of ether oxygens (including phenoxy) is 1. The molecule has 0 bridgehead atoms. The van der Waals surface area contributed by atoms with Gasteiger partial charge in [-0.25, -0.2) is 0 Å². The molecule has 0 radical (unpaired) electrons. The molecule has 0 unspecified atom stereocenters. The monoisotopic (exact) mass is 364 g/mol. The third kappa shape index (κ3) is 4.77. The van der Waals surface area contributed by atoms with Crippen LogP contribution in [0.15, 0.2) is 22.7 Å². The first-order chi connectivity index (χ1) is 9.26. The predicted molar refractivity (Wildman–Crippen MR) is 80.7 cm³/mol. The first-order valence-corrected chi connectivity index (χ1v) is 8.06. The lowest BCUT2D eigenvalue weighted by Crippen LogP contribution is -2.34. The quantitative estimate of drug-likeness (QED) is 0.782. The van der Waals surface area contributed by atoms with E-state index in [1.54, 1.807) is 18.2 Å². The first-order valence-electron chi connectivity index (χ1n) is 5.83. The summed E-state index contributed by atoms with van der Waals surface area (Å²) in [6, 6.07) is 5.14. The number of aryl methyl sites for hydroxylation is 1. The number of esters is 1. The molecule has 20 heavy (non-hydrogen) atoms. The van der Waals surface area contributed by atoms with Gasteiger partial charge in [0.25, 0.3) is 0 Å². The Morgan fingerprint density at radius 1 is 1.45 bits per heavy atom. The maximum Gasteiger partial charge on any atom is 0.306 e. The highest BCUT2D eigenvalue weighted by Crippen LogP contribution is 2.21. The van der Waals surface area contributed by atoms with E-state index in [9.17, 15) is 13.2 Å². The minimum Gasteiger partial charge on any atom is -0.469 e. The van der Waals surface area contributed by atoms with Crippen molar-refractivity contribution < 1.29 is 17.9 Å². The molecule has 112 valence electrons. The molecule has 1 aromatic rings. The molecule has 0 spiro atoms. The number of rotatable bonds is 6. The van der Waals surface area contributed by atoms with E-state index < -0.39 is 16.2 Å². The molecule has 0 aromatic heterocycles. The molecule has 0 fully saturated rings. The molecule has 1 rings (SSSR count). The van der Waals surface area contributed by atoms with Crippen molar-refractivity contribution in [3.05, 3.63) is 28.2 Å². The number of methoxy groups -OCH3 is 1. The number of nitrogens with one attached hydrogen (secondary N) is 1. The molecule has 1 aromatic carbocycles. The number of benzene rings is 1. The summed E-state index contributed by atoms with van der Waals surface area (Å²) in [5.74, 6) is -0.452. The van der Waals surface area contributed by atoms with Crippen molar-refractivity contribution in [2.24, 2.45) is 0 Å². The minimum absolute atomic E-state index is 0.00722. The molecule has 0 aliphatic carbocycles. The Morgan fingerprint density at radius 3 is 2.65 bits per heavy atom. The van der Waals surface area contributed by atoms with Gasteiger partial charge >= 0.3 is 16.2 Å². The normalized spacial score (nSPS) is 11.4. The second-order valence-electron chi connectivity index (χ2n) is 4.22. The van der Waals surface area contributed by atoms with Gasteiger partial charge in [0.15, 0.2) is 0 Å². The molecule has 6 nitrogen and oxygen atoms in total. The average molecular weight is 365 g/mol. The molecule has 0 heterocycles. The number of carbonyl (C=O) groups is 1. The number of anilines is 1. The summed E-state index contributed by atoms with van der Waals surface area (Å²) < 4.78 is 33.0. The fourth-order valence-electron chi connectivity index (χ4n) is 1.41. The van der Waals surface area contributed by atoms with Crippen molar-refractivity contribution in [2.75, 3.05) is 25.4 Å². The van der Waals surface area contributed by atoms with Crippen molar-refractivity contribution in [1.82, 2.24) is 4.31 Å². The molecule has 0 saturated carbocycles. The van der Waals surface area contributed by atoms with Gasteiger partial charge in [-0.3, -0.25) is 9.52 Å². The van der Waals surface area contributed by atoms with Gasteiger partial charge in [-0.2, -0.15) is 12.7 Å². The largest absolute Gasteiger partial charge is 0.469 e. The number of carbonyl (C=O) groups excluding carboxylic acids is 1. The van der Waals surface area contributed by atoms with Crippen LogP contribution in [-0.2, 0) is 19.7 Å². The highest BCUT2D eigenvalue weighted by molar-refractivity contribution is 9.10. The molecule has 0 saturated heterocycles. The molecule has 0 amide bonds. The average Bonchev–Trinajstić information content (AvgIpc) is 2.39. The van der Waals surface area contributed by atoms with E-state index in [1.165, 1.54) is 14.2 Å². The number of halogens is 1. The summed E-state index contributed by atoms with van der Waals surface area (Å²) in [5, 5.41) is 0. The number of hydrogen-bond acceptors (Lipinski definition) is 4. The molecule has 8 heteroatoms. The van der Waals surface area contributed by atoms with Crippen LogP contribution < -0.4 is 4.72 Å². The Bertz CT molecular complexity index is 589. The summed E-state index contributed by atoms with van der Waals surface area (Å²) in [6.07, 6.45) is 0.00722. The van der Waals surface area contributed by atoms with Crippen molar-refractivity contribution in [1.29, 1.82) is 0 Å². The van der Waals surface area contributed by atoms with E-state index in [1.807, 2.05) is 6.92 Å². The van der Waals surface area contributed by atoms with Crippen LogP contribution in [0.1, 0.15) is 12.0 Å². The van der Waals surface area contributed by atoms with Gasteiger partial charge in [-0.15, -0.1) is 0 Å². The van der Waals surface area contributed by atoms with Crippen molar-refractivity contribution in [3.8, 4) is 0 Å². The van der Waals surface area contributed by atoms with E-state index in [4.69, 9.17) is 0 Å². The molecule has 0 aliphatic rings. The topological polar surface area (TPSA) is 75.7 Å². The zero-order chi connectivity index (χ0) is 15.3. The smallest absolute Gasteiger partial charge is 0.306 e. The summed E-state index contributed by atoms with van der Waals surface area (Å²) in [7, 11) is -1.02. The zero-order valence-corrected chi connectivity index (χ0v) is 13.9. The Kier molecular flexibility index (Phi) is 5.97. The van der Waals surface area contributed by atoms with E-state index in [-0.39, 0.29) is 13.0 Å². The SMILES string of the molecule is COC(=O)CCN(C)S(=O)(=O)Nc1ccc(Br)c(C)c1.